The summed E-state index contributed by atoms with van der Waals surface area (Å²) in [7, 11) is 0. The van der Waals surface area contributed by atoms with Crippen molar-refractivity contribution in [3.8, 4) is 11.3 Å². The topological polar surface area (TPSA) is 26.0 Å². The minimum absolute atomic E-state index is 0.0212. The van der Waals surface area contributed by atoms with Crippen molar-refractivity contribution in [2.24, 2.45) is 5.92 Å². The van der Waals surface area contributed by atoms with Gasteiger partial charge in [0.1, 0.15) is 5.69 Å². The highest BCUT2D eigenvalue weighted by Gasteiger charge is 2.21. The first-order chi connectivity index (χ1) is 16.3. The van der Waals surface area contributed by atoms with Gasteiger partial charge in [-0.3, -0.25) is 4.98 Å². The van der Waals surface area contributed by atoms with Crippen LogP contribution in [0, 0.1) is 5.92 Å². The Morgan fingerprint density at radius 3 is 2.44 bits per heavy atom. The lowest BCUT2D eigenvalue weighted by Gasteiger charge is -2.22. The summed E-state index contributed by atoms with van der Waals surface area (Å²) >= 11 is 1.87. The van der Waals surface area contributed by atoms with Gasteiger partial charge in [0.25, 0.3) is 0 Å². The molecule has 0 radical (unpaired) electrons. The fourth-order valence-electron chi connectivity index (χ4n) is 5.09. The number of benzene rings is 3. The first kappa shape index (κ1) is 21.4. The van der Waals surface area contributed by atoms with E-state index in [9.17, 15) is 0 Å². The van der Waals surface area contributed by atoms with E-state index >= 15 is 0 Å². The van der Waals surface area contributed by atoms with E-state index in [2.05, 4.69) is 95.3 Å². The minimum Gasteiger partial charge on any atom is -0.452 e. The van der Waals surface area contributed by atoms with Gasteiger partial charge in [-0.1, -0.05) is 65.0 Å². The lowest BCUT2D eigenvalue weighted by Crippen LogP contribution is -2.12. The molecule has 6 rings (SSSR count). The van der Waals surface area contributed by atoms with Gasteiger partial charge in [-0.05, 0) is 69.8 Å². The van der Waals surface area contributed by atoms with Crippen molar-refractivity contribution in [1.82, 2.24) is 4.98 Å². The Balaban J connectivity index is 1.63. The van der Waals surface area contributed by atoms with Crippen LogP contribution in [-0.2, 0) is 11.8 Å². The maximum absolute atomic E-state index is 6.66. The van der Waals surface area contributed by atoms with Gasteiger partial charge in [0.05, 0.1) is 4.70 Å². The number of hydrogen-bond acceptors (Lipinski definition) is 3. The van der Waals surface area contributed by atoms with E-state index in [1.807, 2.05) is 17.5 Å². The lowest BCUT2D eigenvalue weighted by molar-refractivity contribution is 0.596. The molecule has 0 aliphatic heterocycles. The third-order valence-corrected chi connectivity index (χ3v) is 7.82. The van der Waals surface area contributed by atoms with Crippen LogP contribution in [0.4, 0.5) is 0 Å². The molecule has 3 aromatic carbocycles. The number of thiophene rings is 1. The first-order valence-electron chi connectivity index (χ1n) is 12.1. The molecule has 0 amide bonds. The smallest absolute Gasteiger partial charge is 0.161 e. The number of pyridine rings is 1. The van der Waals surface area contributed by atoms with E-state index in [1.165, 1.54) is 36.7 Å². The number of fused-ring (bicyclic) bond motifs is 6. The van der Waals surface area contributed by atoms with Crippen molar-refractivity contribution in [2.45, 2.75) is 46.5 Å². The molecule has 2 nitrogen and oxygen atoms in total. The third kappa shape index (κ3) is 3.42. The SMILES string of the molecule is CC(C)Cc1cc2ccc3c4ccnc(-c5cc(C(C)(C)C)c6ccccc6c5)c4oc3c2s1. The van der Waals surface area contributed by atoms with E-state index in [1.54, 1.807) is 0 Å². The van der Waals surface area contributed by atoms with Gasteiger partial charge < -0.3 is 4.42 Å². The Morgan fingerprint density at radius 2 is 1.65 bits per heavy atom. The van der Waals surface area contributed by atoms with E-state index in [0.717, 1.165) is 34.2 Å². The third-order valence-electron chi connectivity index (χ3n) is 6.64. The number of hydrogen-bond donors (Lipinski definition) is 0. The predicted octanol–water partition coefficient (Wildman–Crippen LogP) is 9.51. The summed E-state index contributed by atoms with van der Waals surface area (Å²) in [6, 6.07) is 22.1. The highest BCUT2D eigenvalue weighted by molar-refractivity contribution is 7.20. The second-order valence-corrected chi connectivity index (χ2v) is 11.9. The molecule has 170 valence electrons. The predicted molar refractivity (Wildman–Crippen MR) is 147 cm³/mol. The second-order valence-electron chi connectivity index (χ2n) is 10.8. The standard InChI is InChI=1S/C31H29NOS/c1-18(2)14-22-16-20-10-11-24-25-12-13-32-27(28(25)33-29(24)30(20)34-22)21-15-19-8-6-7-9-23(19)26(17-21)31(3,4)5/h6-13,15-18H,14H2,1-5H3. The van der Waals surface area contributed by atoms with Gasteiger partial charge in [-0.15, -0.1) is 11.3 Å². The minimum atomic E-state index is 0.0212. The zero-order valence-corrected chi connectivity index (χ0v) is 21.2. The maximum Gasteiger partial charge on any atom is 0.161 e. The molecule has 0 bridgehead atoms. The molecular formula is C31H29NOS. The van der Waals surface area contributed by atoms with Crippen molar-refractivity contribution in [2.75, 3.05) is 0 Å². The van der Waals surface area contributed by atoms with Crippen molar-refractivity contribution >= 4 is 54.1 Å². The molecule has 3 heterocycles. The van der Waals surface area contributed by atoms with Gasteiger partial charge in [0.15, 0.2) is 11.2 Å². The summed E-state index contributed by atoms with van der Waals surface area (Å²) in [6.07, 6.45) is 3.02. The fourth-order valence-corrected chi connectivity index (χ4v) is 6.44. The molecule has 0 N–H and O–H groups in total. The average molecular weight is 464 g/mol. The second kappa shape index (κ2) is 7.68. The zero-order valence-electron chi connectivity index (χ0n) is 20.4. The molecule has 3 aromatic heterocycles. The Bertz CT molecular complexity index is 1690. The number of aromatic nitrogens is 1. The fraction of sp³-hybridized carbons (Fsp3) is 0.258. The van der Waals surface area contributed by atoms with Crippen LogP contribution in [0.5, 0.6) is 0 Å². The summed E-state index contributed by atoms with van der Waals surface area (Å²) in [5.41, 5.74) is 5.23. The summed E-state index contributed by atoms with van der Waals surface area (Å²) in [5.74, 6) is 0.639. The number of nitrogens with zero attached hydrogens (tertiary/aromatic N) is 1. The molecule has 0 aliphatic rings. The summed E-state index contributed by atoms with van der Waals surface area (Å²) in [5, 5.41) is 6.10. The maximum atomic E-state index is 6.66. The van der Waals surface area contributed by atoms with Crippen molar-refractivity contribution in [3.63, 3.8) is 0 Å². The van der Waals surface area contributed by atoms with Crippen LogP contribution in [0.3, 0.4) is 0 Å². The van der Waals surface area contributed by atoms with Gasteiger partial charge in [-0.2, -0.15) is 0 Å². The van der Waals surface area contributed by atoms with Crippen LogP contribution in [0.2, 0.25) is 0 Å². The van der Waals surface area contributed by atoms with Crippen LogP contribution in [-0.4, -0.2) is 4.98 Å². The van der Waals surface area contributed by atoms with E-state index in [0.29, 0.717) is 5.92 Å². The Labute approximate surface area is 204 Å². The van der Waals surface area contributed by atoms with Crippen LogP contribution in [0.25, 0.3) is 54.1 Å². The lowest BCUT2D eigenvalue weighted by atomic mass is 9.82. The summed E-state index contributed by atoms with van der Waals surface area (Å²) in [6.45, 7) is 11.4. The number of furan rings is 1. The molecule has 0 unspecified atom stereocenters. The Morgan fingerprint density at radius 1 is 0.853 bits per heavy atom. The molecular weight excluding hydrogens is 434 g/mol. The van der Waals surface area contributed by atoms with E-state index < -0.39 is 0 Å². The van der Waals surface area contributed by atoms with E-state index in [4.69, 9.17) is 9.40 Å². The quantitative estimate of drug-likeness (QED) is 0.261. The molecule has 0 atom stereocenters. The van der Waals surface area contributed by atoms with Gasteiger partial charge >= 0.3 is 0 Å². The zero-order chi connectivity index (χ0) is 23.6. The monoisotopic (exact) mass is 463 g/mol. The van der Waals surface area contributed by atoms with Gasteiger partial charge in [-0.25, -0.2) is 0 Å². The Kier molecular flexibility index (Phi) is 4.82. The molecule has 0 spiro atoms. The van der Waals surface area contributed by atoms with E-state index in [-0.39, 0.29) is 5.41 Å². The average Bonchev–Trinajstić information content (AvgIpc) is 3.37. The van der Waals surface area contributed by atoms with Gasteiger partial charge in [0, 0.05) is 27.4 Å². The van der Waals surface area contributed by atoms with Crippen LogP contribution >= 0.6 is 11.3 Å². The largest absolute Gasteiger partial charge is 0.452 e. The Hall–Kier alpha value is -3.17. The van der Waals surface area contributed by atoms with Crippen LogP contribution in [0.15, 0.2) is 71.3 Å². The molecule has 0 saturated carbocycles. The summed E-state index contributed by atoms with van der Waals surface area (Å²) in [4.78, 5) is 6.25. The van der Waals surface area contributed by atoms with Crippen molar-refractivity contribution in [3.05, 3.63) is 77.3 Å². The van der Waals surface area contributed by atoms with Crippen LogP contribution < -0.4 is 0 Å². The molecule has 0 saturated heterocycles. The molecule has 6 aromatic rings. The number of rotatable bonds is 3. The van der Waals surface area contributed by atoms with Crippen LogP contribution in [0.1, 0.15) is 45.1 Å². The van der Waals surface area contributed by atoms with Crippen molar-refractivity contribution < 1.29 is 4.42 Å². The molecule has 0 aliphatic carbocycles. The molecule has 3 heteroatoms. The highest BCUT2D eigenvalue weighted by atomic mass is 32.1. The molecule has 0 fully saturated rings. The summed E-state index contributed by atoms with van der Waals surface area (Å²) < 4.78 is 7.90. The van der Waals surface area contributed by atoms with Crippen molar-refractivity contribution in [1.29, 1.82) is 0 Å². The van der Waals surface area contributed by atoms with Gasteiger partial charge in [0.2, 0.25) is 0 Å². The highest BCUT2D eigenvalue weighted by Crippen LogP contribution is 2.42. The molecule has 34 heavy (non-hydrogen) atoms. The normalized spacial score (nSPS) is 12.6. The first-order valence-corrected chi connectivity index (χ1v) is 12.9.